The second kappa shape index (κ2) is 5.45. The van der Waals surface area contributed by atoms with Crippen LogP contribution in [0.1, 0.15) is 19.8 Å². The van der Waals surface area contributed by atoms with Crippen LogP contribution in [0.2, 0.25) is 0 Å². The summed E-state index contributed by atoms with van der Waals surface area (Å²) in [4.78, 5) is 38.7. The van der Waals surface area contributed by atoms with Crippen molar-refractivity contribution in [2.75, 3.05) is 14.1 Å². The molecular formula is C15H20N2O3. The van der Waals surface area contributed by atoms with Crippen LogP contribution in [0.4, 0.5) is 4.79 Å². The number of carbonyl (C=O) groups excluding carboxylic acids is 3. The van der Waals surface area contributed by atoms with E-state index in [9.17, 15) is 14.4 Å². The van der Waals surface area contributed by atoms with Gasteiger partial charge in [-0.1, -0.05) is 30.4 Å². The number of urea groups is 1. The van der Waals surface area contributed by atoms with Gasteiger partial charge in [0.15, 0.2) is 0 Å². The highest BCUT2D eigenvalue weighted by molar-refractivity contribution is 6.19. The molecule has 0 aromatic carbocycles. The molecule has 0 aliphatic carbocycles. The maximum Gasteiger partial charge on any atom is 0.332 e. The summed E-state index contributed by atoms with van der Waals surface area (Å²) in [6.07, 6.45) is 1.80. The highest BCUT2D eigenvalue weighted by Crippen LogP contribution is 2.39. The van der Waals surface area contributed by atoms with Gasteiger partial charge in [-0.25, -0.2) is 4.79 Å². The Balaban J connectivity index is 3.33. The third-order valence-corrected chi connectivity index (χ3v) is 3.61. The SMILES string of the molecule is C=CCC1(CC(=C)C(=C)C)C(=O)N(C)C(=O)N(C)C1=O. The molecule has 5 heteroatoms. The number of barbiturate groups is 1. The Morgan fingerprint density at radius 3 is 1.95 bits per heavy atom. The third-order valence-electron chi connectivity index (χ3n) is 3.61. The van der Waals surface area contributed by atoms with E-state index in [4.69, 9.17) is 0 Å². The van der Waals surface area contributed by atoms with E-state index in [1.165, 1.54) is 20.2 Å². The lowest BCUT2D eigenvalue weighted by Crippen LogP contribution is -2.63. The average Bonchev–Trinajstić information content (AvgIpc) is 2.41. The number of hydrogen-bond acceptors (Lipinski definition) is 3. The molecule has 0 bridgehead atoms. The number of imide groups is 2. The summed E-state index contributed by atoms with van der Waals surface area (Å²) in [5.74, 6) is -1.04. The molecule has 0 aromatic heterocycles. The molecule has 1 aliphatic heterocycles. The molecule has 1 rings (SSSR count). The van der Waals surface area contributed by atoms with E-state index in [0.717, 1.165) is 9.80 Å². The lowest BCUT2D eigenvalue weighted by atomic mass is 9.74. The normalized spacial score (nSPS) is 18.2. The zero-order valence-electron chi connectivity index (χ0n) is 12.2. The second-order valence-corrected chi connectivity index (χ2v) is 5.15. The van der Waals surface area contributed by atoms with Gasteiger partial charge in [0, 0.05) is 14.1 Å². The fourth-order valence-corrected chi connectivity index (χ4v) is 2.29. The predicted octanol–water partition coefficient (Wildman–Crippen LogP) is 2.12. The molecule has 0 radical (unpaired) electrons. The zero-order chi connectivity index (χ0) is 15.7. The molecule has 0 unspecified atom stereocenters. The number of amides is 4. The van der Waals surface area contributed by atoms with Crippen molar-refractivity contribution in [3.05, 3.63) is 37.0 Å². The highest BCUT2D eigenvalue weighted by Gasteiger charge is 2.54. The first-order valence-corrected chi connectivity index (χ1v) is 6.24. The number of hydrogen-bond donors (Lipinski definition) is 0. The van der Waals surface area contributed by atoms with Crippen molar-refractivity contribution in [1.82, 2.24) is 9.80 Å². The Morgan fingerprint density at radius 2 is 1.60 bits per heavy atom. The highest BCUT2D eigenvalue weighted by atomic mass is 16.2. The fourth-order valence-electron chi connectivity index (χ4n) is 2.29. The molecule has 0 aromatic rings. The number of allylic oxidation sites excluding steroid dienone is 3. The summed E-state index contributed by atoms with van der Waals surface area (Å²) in [7, 11) is 2.74. The van der Waals surface area contributed by atoms with Gasteiger partial charge in [-0.05, 0) is 19.8 Å². The molecule has 4 amide bonds. The Morgan fingerprint density at radius 1 is 1.15 bits per heavy atom. The maximum atomic E-state index is 12.5. The standard InChI is InChI=1S/C15H20N2O3/c1-7-8-15(9-11(4)10(2)3)12(18)16(5)14(20)17(6)13(15)19/h7H,1-2,4,8-9H2,3,5-6H3. The summed E-state index contributed by atoms with van der Waals surface area (Å²) in [5.41, 5.74) is -0.0317. The monoisotopic (exact) mass is 276 g/mol. The molecule has 1 aliphatic rings. The van der Waals surface area contributed by atoms with Crippen LogP contribution < -0.4 is 0 Å². The fraction of sp³-hybridized carbons (Fsp3) is 0.400. The van der Waals surface area contributed by atoms with Gasteiger partial charge in [-0.3, -0.25) is 19.4 Å². The minimum Gasteiger partial charge on any atom is -0.273 e. The van der Waals surface area contributed by atoms with E-state index >= 15 is 0 Å². The van der Waals surface area contributed by atoms with Crippen LogP contribution in [0.25, 0.3) is 0 Å². The molecule has 20 heavy (non-hydrogen) atoms. The van der Waals surface area contributed by atoms with Crippen molar-refractivity contribution in [1.29, 1.82) is 0 Å². The van der Waals surface area contributed by atoms with Crippen LogP contribution in [-0.4, -0.2) is 41.7 Å². The van der Waals surface area contributed by atoms with Gasteiger partial charge in [0.05, 0.1) is 0 Å². The van der Waals surface area contributed by atoms with E-state index in [-0.39, 0.29) is 12.8 Å². The molecule has 0 spiro atoms. The summed E-state index contributed by atoms with van der Waals surface area (Å²) in [6.45, 7) is 13.0. The van der Waals surface area contributed by atoms with Crippen molar-refractivity contribution in [2.45, 2.75) is 19.8 Å². The van der Waals surface area contributed by atoms with Crippen molar-refractivity contribution in [3.63, 3.8) is 0 Å². The van der Waals surface area contributed by atoms with Gasteiger partial charge in [-0.15, -0.1) is 6.58 Å². The van der Waals surface area contributed by atoms with Gasteiger partial charge in [0.2, 0.25) is 11.8 Å². The Kier molecular flexibility index (Phi) is 4.33. The van der Waals surface area contributed by atoms with Gasteiger partial charge in [-0.2, -0.15) is 0 Å². The van der Waals surface area contributed by atoms with E-state index in [1.807, 2.05) is 0 Å². The van der Waals surface area contributed by atoms with Crippen LogP contribution >= 0.6 is 0 Å². The molecule has 5 nitrogen and oxygen atoms in total. The predicted molar refractivity (Wildman–Crippen MR) is 76.8 cm³/mol. The minimum absolute atomic E-state index is 0.133. The molecule has 0 N–H and O–H groups in total. The van der Waals surface area contributed by atoms with Crippen molar-refractivity contribution < 1.29 is 14.4 Å². The van der Waals surface area contributed by atoms with E-state index in [0.29, 0.717) is 11.1 Å². The third kappa shape index (κ3) is 2.31. The van der Waals surface area contributed by atoms with Crippen LogP contribution in [0, 0.1) is 5.41 Å². The van der Waals surface area contributed by atoms with Crippen LogP contribution in [-0.2, 0) is 9.59 Å². The molecule has 0 saturated carbocycles. The number of rotatable bonds is 5. The smallest absolute Gasteiger partial charge is 0.273 e. The van der Waals surface area contributed by atoms with Gasteiger partial charge in [0.1, 0.15) is 5.41 Å². The summed E-state index contributed by atoms with van der Waals surface area (Å²) in [6, 6.07) is -0.624. The van der Waals surface area contributed by atoms with Gasteiger partial charge < -0.3 is 0 Å². The first kappa shape index (κ1) is 15.9. The van der Waals surface area contributed by atoms with Crippen molar-refractivity contribution >= 4 is 17.8 Å². The Bertz CT molecular complexity index is 495. The summed E-state index contributed by atoms with van der Waals surface area (Å²) >= 11 is 0. The lowest BCUT2D eigenvalue weighted by molar-refractivity contribution is -0.156. The molecular weight excluding hydrogens is 256 g/mol. The Hall–Kier alpha value is -2.17. The van der Waals surface area contributed by atoms with Crippen molar-refractivity contribution in [2.24, 2.45) is 5.41 Å². The van der Waals surface area contributed by atoms with Crippen LogP contribution in [0.15, 0.2) is 37.0 Å². The number of nitrogens with zero attached hydrogens (tertiary/aromatic N) is 2. The van der Waals surface area contributed by atoms with E-state index in [2.05, 4.69) is 19.7 Å². The molecule has 0 atom stereocenters. The lowest BCUT2D eigenvalue weighted by Gasteiger charge is -2.41. The summed E-state index contributed by atoms with van der Waals surface area (Å²) in [5, 5.41) is 0. The van der Waals surface area contributed by atoms with Crippen molar-refractivity contribution in [3.8, 4) is 0 Å². The zero-order valence-corrected chi connectivity index (χ0v) is 12.2. The molecule has 1 fully saturated rings. The minimum atomic E-state index is -1.35. The van der Waals surface area contributed by atoms with Gasteiger partial charge >= 0.3 is 6.03 Å². The Labute approximate surface area is 119 Å². The first-order valence-electron chi connectivity index (χ1n) is 6.24. The van der Waals surface area contributed by atoms with Gasteiger partial charge in [0.25, 0.3) is 0 Å². The topological polar surface area (TPSA) is 57.7 Å². The maximum absolute atomic E-state index is 12.5. The van der Waals surface area contributed by atoms with Crippen LogP contribution in [0.5, 0.6) is 0 Å². The average molecular weight is 276 g/mol. The van der Waals surface area contributed by atoms with Crippen LogP contribution in [0.3, 0.4) is 0 Å². The largest absolute Gasteiger partial charge is 0.332 e. The molecule has 1 heterocycles. The second-order valence-electron chi connectivity index (χ2n) is 5.15. The quantitative estimate of drug-likeness (QED) is 0.439. The molecule has 108 valence electrons. The summed E-state index contributed by atoms with van der Waals surface area (Å²) < 4.78 is 0. The first-order chi connectivity index (χ1) is 9.19. The number of carbonyl (C=O) groups is 3. The van der Waals surface area contributed by atoms with E-state index in [1.54, 1.807) is 6.92 Å². The molecule has 1 saturated heterocycles. The van der Waals surface area contributed by atoms with E-state index < -0.39 is 23.3 Å².